The molecule has 1 aliphatic heterocycles. The van der Waals surface area contributed by atoms with Gasteiger partial charge < -0.3 is 26.5 Å². The van der Waals surface area contributed by atoms with Crippen molar-refractivity contribution in [3.8, 4) is 11.8 Å². The number of methoxy groups -OCH3 is 1. The predicted molar refractivity (Wildman–Crippen MR) is 159 cm³/mol. The van der Waals surface area contributed by atoms with Gasteiger partial charge in [-0.15, -0.1) is 0 Å². The van der Waals surface area contributed by atoms with Crippen molar-refractivity contribution in [2.24, 2.45) is 0 Å². The van der Waals surface area contributed by atoms with Crippen LogP contribution in [0.15, 0.2) is 47.3 Å². The topological polar surface area (TPSA) is 164 Å². The second kappa shape index (κ2) is 11.9. The Bertz CT molecular complexity index is 1660. The third-order valence-electron chi connectivity index (χ3n) is 7.14. The Balaban J connectivity index is 1.49. The van der Waals surface area contributed by atoms with Gasteiger partial charge in [0, 0.05) is 32.7 Å². The van der Waals surface area contributed by atoms with Gasteiger partial charge in [0.25, 0.3) is 5.56 Å². The van der Waals surface area contributed by atoms with Crippen LogP contribution in [0.5, 0.6) is 5.75 Å². The quantitative estimate of drug-likeness (QED) is 0.283. The monoisotopic (exact) mass is 574 g/mol. The van der Waals surface area contributed by atoms with Gasteiger partial charge in [-0.1, -0.05) is 36.7 Å². The third-order valence-corrected chi connectivity index (χ3v) is 7.46. The van der Waals surface area contributed by atoms with E-state index >= 15 is 0 Å². The number of aromatic nitrogens is 4. The van der Waals surface area contributed by atoms with Crippen molar-refractivity contribution in [1.82, 2.24) is 24.5 Å². The van der Waals surface area contributed by atoms with Crippen LogP contribution < -0.4 is 32.1 Å². The minimum atomic E-state index is -0.510. The van der Waals surface area contributed by atoms with Gasteiger partial charge >= 0.3 is 0 Å². The van der Waals surface area contributed by atoms with Crippen molar-refractivity contribution >= 4 is 40.1 Å². The van der Waals surface area contributed by atoms with Crippen molar-refractivity contribution < 1.29 is 4.74 Å². The molecule has 0 spiro atoms. The largest absolute Gasteiger partial charge is 0.497 e. The maximum Gasteiger partial charge on any atom is 0.281 e. The van der Waals surface area contributed by atoms with Gasteiger partial charge in [-0.2, -0.15) is 15.2 Å². The lowest BCUT2D eigenvalue weighted by molar-refractivity contribution is 0.229. The number of nitriles is 1. The molecule has 1 saturated heterocycles. The van der Waals surface area contributed by atoms with Crippen molar-refractivity contribution in [3.05, 3.63) is 74.8 Å². The number of hydrogen-bond acceptors (Lipinski definition) is 11. The maximum atomic E-state index is 14.0. The summed E-state index contributed by atoms with van der Waals surface area (Å²) in [7, 11) is 1.65. The molecule has 1 aliphatic rings. The van der Waals surface area contributed by atoms with E-state index in [9.17, 15) is 10.1 Å². The number of benzene rings is 2. The zero-order valence-electron chi connectivity index (χ0n) is 22.8. The smallest absolute Gasteiger partial charge is 0.281 e. The highest BCUT2D eigenvalue weighted by molar-refractivity contribution is 6.35. The molecule has 5 rings (SSSR count). The molecule has 3 heterocycles. The Kier molecular flexibility index (Phi) is 8.09. The molecule has 13 heteroatoms. The van der Waals surface area contributed by atoms with E-state index in [-0.39, 0.29) is 28.7 Å². The minimum absolute atomic E-state index is 0.0269. The number of ether oxygens (including phenoxy) is 1. The van der Waals surface area contributed by atoms with Gasteiger partial charge in [-0.25, -0.2) is 9.66 Å². The van der Waals surface area contributed by atoms with Crippen LogP contribution in [0.25, 0.3) is 10.9 Å². The molecular weight excluding hydrogens is 544 g/mol. The second-order valence-electron chi connectivity index (χ2n) is 9.71. The van der Waals surface area contributed by atoms with Gasteiger partial charge in [0.05, 0.1) is 29.1 Å². The van der Waals surface area contributed by atoms with Gasteiger partial charge in [0.1, 0.15) is 23.2 Å². The highest BCUT2D eigenvalue weighted by Gasteiger charge is 2.27. The average molecular weight is 575 g/mol. The zero-order valence-corrected chi connectivity index (χ0v) is 23.6. The average Bonchev–Trinajstić information content (AvgIpc) is 2.96. The van der Waals surface area contributed by atoms with E-state index in [1.165, 1.54) is 5.56 Å². The molecule has 1 fully saturated rings. The Hall–Kier alpha value is -4.60. The number of halogens is 1. The molecule has 0 saturated carbocycles. The zero-order chi connectivity index (χ0) is 29.1. The summed E-state index contributed by atoms with van der Waals surface area (Å²) >= 11 is 6.49. The first-order valence-electron chi connectivity index (χ1n) is 13.2. The standard InChI is InChI=1S/C28H31ClN10O2/c1-3-21(33-25-19(15-30)24(31)35-28(32)36-25)26-34-22-6-4-5-20(29)23(22)27(40)39(26)38-13-11-37(12-14-38)16-17-7-9-18(41-2)10-8-17/h4-10,21H,3,11-14,16H2,1-2H3,(H5,31,32,33,35,36)/t21-/m0/s1. The fourth-order valence-electron chi connectivity index (χ4n) is 5.01. The van der Waals surface area contributed by atoms with Crippen LogP contribution in [0.4, 0.5) is 17.6 Å². The van der Waals surface area contributed by atoms with E-state index in [2.05, 4.69) is 32.3 Å². The lowest BCUT2D eigenvalue weighted by Gasteiger charge is -2.38. The summed E-state index contributed by atoms with van der Waals surface area (Å²) in [6.45, 7) is 5.39. The summed E-state index contributed by atoms with van der Waals surface area (Å²) in [6, 6.07) is 14.8. The number of piperazine rings is 1. The molecule has 12 nitrogen and oxygen atoms in total. The molecule has 0 aliphatic carbocycles. The number of hydrogen-bond donors (Lipinski definition) is 3. The lowest BCUT2D eigenvalue weighted by Crippen LogP contribution is -2.55. The first-order chi connectivity index (χ1) is 19.8. The number of fused-ring (bicyclic) bond motifs is 1. The fraction of sp³-hybridized carbons (Fsp3) is 0.321. The predicted octanol–water partition coefficient (Wildman–Crippen LogP) is 2.90. The Morgan fingerprint density at radius 3 is 2.49 bits per heavy atom. The maximum absolute atomic E-state index is 14.0. The molecular formula is C28H31ClN10O2. The lowest BCUT2D eigenvalue weighted by atomic mass is 10.1. The van der Waals surface area contributed by atoms with Gasteiger partial charge in [0.2, 0.25) is 5.95 Å². The number of anilines is 3. The summed E-state index contributed by atoms with van der Waals surface area (Å²) < 4.78 is 6.88. The number of nitrogens with two attached hydrogens (primary N) is 2. The first-order valence-corrected chi connectivity index (χ1v) is 13.6. The van der Waals surface area contributed by atoms with E-state index in [0.717, 1.165) is 25.4 Å². The minimum Gasteiger partial charge on any atom is -0.497 e. The summed E-state index contributed by atoms with van der Waals surface area (Å²) in [5.41, 5.74) is 13.2. The SMILES string of the molecule is CC[C@H](Nc1nc(N)nc(N)c1C#N)c1nc2cccc(Cl)c2c(=O)n1N1CCN(Cc2ccc(OC)cc2)CC1. The highest BCUT2D eigenvalue weighted by atomic mass is 35.5. The second-order valence-corrected chi connectivity index (χ2v) is 10.1. The molecule has 1 atom stereocenters. The third kappa shape index (κ3) is 5.68. The summed E-state index contributed by atoms with van der Waals surface area (Å²) in [5.74, 6) is 1.38. The Morgan fingerprint density at radius 2 is 1.83 bits per heavy atom. The van der Waals surface area contributed by atoms with Gasteiger partial charge in [-0.05, 0) is 36.2 Å². The molecule has 2 aromatic heterocycles. The van der Waals surface area contributed by atoms with E-state index < -0.39 is 6.04 Å². The summed E-state index contributed by atoms with van der Waals surface area (Å²) in [4.78, 5) is 29.4. The van der Waals surface area contributed by atoms with Crippen molar-refractivity contribution in [3.63, 3.8) is 0 Å². The normalized spacial score (nSPS) is 14.5. The number of nitrogens with one attached hydrogen (secondary N) is 1. The molecule has 4 aromatic rings. The van der Waals surface area contributed by atoms with Crippen LogP contribution in [0.2, 0.25) is 5.02 Å². The number of nitrogen functional groups attached to an aromatic ring is 2. The van der Waals surface area contributed by atoms with Crippen molar-refractivity contribution in [1.29, 1.82) is 5.26 Å². The van der Waals surface area contributed by atoms with Gasteiger partial charge in [0.15, 0.2) is 11.6 Å². The van der Waals surface area contributed by atoms with E-state index in [1.807, 2.05) is 30.1 Å². The molecule has 0 unspecified atom stereocenters. The van der Waals surface area contributed by atoms with Gasteiger partial charge in [-0.3, -0.25) is 9.69 Å². The highest BCUT2D eigenvalue weighted by Crippen LogP contribution is 2.27. The van der Waals surface area contributed by atoms with Crippen molar-refractivity contribution in [2.45, 2.75) is 25.9 Å². The van der Waals surface area contributed by atoms with Crippen LogP contribution >= 0.6 is 11.6 Å². The van der Waals surface area contributed by atoms with Crippen LogP contribution in [0, 0.1) is 11.3 Å². The summed E-state index contributed by atoms with van der Waals surface area (Å²) in [6.07, 6.45) is 0.518. The van der Waals surface area contributed by atoms with E-state index in [4.69, 9.17) is 32.8 Å². The number of nitrogens with zero attached hydrogens (tertiary/aromatic N) is 7. The van der Waals surface area contributed by atoms with Crippen LogP contribution in [-0.4, -0.2) is 57.8 Å². The fourth-order valence-corrected chi connectivity index (χ4v) is 5.26. The van der Waals surface area contributed by atoms with Crippen LogP contribution in [-0.2, 0) is 6.54 Å². The Morgan fingerprint density at radius 1 is 1.10 bits per heavy atom. The molecule has 212 valence electrons. The molecule has 0 bridgehead atoms. The number of rotatable bonds is 8. The van der Waals surface area contributed by atoms with Crippen LogP contribution in [0.3, 0.4) is 0 Å². The van der Waals surface area contributed by atoms with Crippen LogP contribution in [0.1, 0.15) is 36.3 Å². The Labute approximate surface area is 242 Å². The molecule has 2 aromatic carbocycles. The summed E-state index contributed by atoms with van der Waals surface area (Å²) in [5, 5.41) is 15.6. The molecule has 41 heavy (non-hydrogen) atoms. The molecule has 0 amide bonds. The molecule has 5 N–H and O–H groups in total. The van der Waals surface area contributed by atoms with E-state index in [1.54, 1.807) is 30.0 Å². The van der Waals surface area contributed by atoms with Crippen molar-refractivity contribution in [2.75, 3.05) is 55.1 Å². The van der Waals surface area contributed by atoms with E-state index in [0.29, 0.717) is 41.3 Å². The molecule has 0 radical (unpaired) electrons. The first kappa shape index (κ1) is 27.9.